The Morgan fingerprint density at radius 1 is 1.38 bits per heavy atom. The second-order valence-corrected chi connectivity index (χ2v) is 3.52. The van der Waals surface area contributed by atoms with Gasteiger partial charge in [0.2, 0.25) is 0 Å². The average molecular weight is 179 g/mol. The number of fused-ring (bicyclic) bond motifs is 1. The summed E-state index contributed by atoms with van der Waals surface area (Å²) in [7, 11) is 0. The number of dihydropyridines is 1. The van der Waals surface area contributed by atoms with E-state index in [1.807, 2.05) is 6.20 Å². The van der Waals surface area contributed by atoms with Gasteiger partial charge in [-0.15, -0.1) is 0 Å². The zero-order valence-electron chi connectivity index (χ0n) is 7.47. The normalized spacial score (nSPS) is 21.7. The molecule has 1 heterocycles. The first-order valence-electron chi connectivity index (χ1n) is 4.67. The molecule has 3 nitrogen and oxygen atoms in total. The first-order chi connectivity index (χ1) is 6.29. The molecule has 0 aromatic carbocycles. The number of allylic oxidation sites excluding steroid dienone is 2. The zero-order chi connectivity index (χ0) is 9.26. The van der Waals surface area contributed by atoms with Crippen LogP contribution in [0.2, 0.25) is 0 Å². The standard InChI is InChI=1S/C10H13NO2/c12-10(13)9-6-11-5-7-3-1-2-4-8(7)9/h5,11H,1-4,6H2,(H,12,13). The van der Waals surface area contributed by atoms with Crippen molar-refractivity contribution in [3.8, 4) is 0 Å². The molecular weight excluding hydrogens is 166 g/mol. The predicted octanol–water partition coefficient (Wildman–Crippen LogP) is 1.43. The third-order valence-electron chi connectivity index (χ3n) is 2.69. The summed E-state index contributed by atoms with van der Waals surface area (Å²) in [5.74, 6) is -0.769. The first-order valence-corrected chi connectivity index (χ1v) is 4.67. The van der Waals surface area contributed by atoms with Gasteiger partial charge in [0.25, 0.3) is 0 Å². The van der Waals surface area contributed by atoms with Gasteiger partial charge in [0, 0.05) is 12.7 Å². The lowest BCUT2D eigenvalue weighted by atomic mass is 9.85. The molecule has 0 bridgehead atoms. The van der Waals surface area contributed by atoms with Crippen molar-refractivity contribution in [3.05, 3.63) is 22.9 Å². The third kappa shape index (κ3) is 1.46. The zero-order valence-corrected chi connectivity index (χ0v) is 7.47. The molecule has 13 heavy (non-hydrogen) atoms. The van der Waals surface area contributed by atoms with Crippen molar-refractivity contribution in [3.63, 3.8) is 0 Å². The van der Waals surface area contributed by atoms with E-state index in [0.717, 1.165) is 24.8 Å². The van der Waals surface area contributed by atoms with E-state index in [1.165, 1.54) is 12.0 Å². The molecule has 2 rings (SSSR count). The Labute approximate surface area is 77.1 Å². The minimum atomic E-state index is -0.769. The molecule has 3 heteroatoms. The van der Waals surface area contributed by atoms with Gasteiger partial charge in [0.1, 0.15) is 0 Å². The summed E-state index contributed by atoms with van der Waals surface area (Å²) in [5, 5.41) is 12.0. The summed E-state index contributed by atoms with van der Waals surface area (Å²) in [4.78, 5) is 10.9. The molecule has 1 fully saturated rings. The average Bonchev–Trinajstić information content (AvgIpc) is 2.17. The lowest BCUT2D eigenvalue weighted by molar-refractivity contribution is -0.132. The lowest BCUT2D eigenvalue weighted by Gasteiger charge is -2.24. The van der Waals surface area contributed by atoms with E-state index in [4.69, 9.17) is 5.11 Å². The van der Waals surface area contributed by atoms with E-state index < -0.39 is 5.97 Å². The van der Waals surface area contributed by atoms with Gasteiger partial charge in [-0.05, 0) is 36.8 Å². The van der Waals surface area contributed by atoms with E-state index in [9.17, 15) is 4.79 Å². The molecule has 0 aromatic rings. The Morgan fingerprint density at radius 3 is 2.92 bits per heavy atom. The number of hydrogen-bond donors (Lipinski definition) is 2. The van der Waals surface area contributed by atoms with Gasteiger partial charge in [0.15, 0.2) is 0 Å². The molecule has 0 saturated heterocycles. The fourth-order valence-electron chi connectivity index (χ4n) is 2.02. The highest BCUT2D eigenvalue weighted by Crippen LogP contribution is 2.32. The van der Waals surface area contributed by atoms with Crippen LogP contribution in [0.1, 0.15) is 25.7 Å². The van der Waals surface area contributed by atoms with Crippen molar-refractivity contribution in [2.24, 2.45) is 0 Å². The topological polar surface area (TPSA) is 49.3 Å². The molecule has 0 spiro atoms. The Balaban J connectivity index is 2.36. The number of carboxylic acid groups (broad SMARTS) is 1. The largest absolute Gasteiger partial charge is 0.478 e. The highest BCUT2D eigenvalue weighted by molar-refractivity contribution is 5.89. The molecule has 0 unspecified atom stereocenters. The van der Waals surface area contributed by atoms with Crippen LogP contribution in [-0.4, -0.2) is 17.6 Å². The summed E-state index contributed by atoms with van der Waals surface area (Å²) >= 11 is 0. The maximum Gasteiger partial charge on any atom is 0.333 e. The van der Waals surface area contributed by atoms with Gasteiger partial charge in [-0.1, -0.05) is 0 Å². The first kappa shape index (κ1) is 8.35. The second kappa shape index (κ2) is 3.24. The van der Waals surface area contributed by atoms with Crippen molar-refractivity contribution in [1.82, 2.24) is 5.32 Å². The summed E-state index contributed by atoms with van der Waals surface area (Å²) in [6.45, 7) is 0.480. The van der Waals surface area contributed by atoms with E-state index >= 15 is 0 Å². The number of hydrogen-bond acceptors (Lipinski definition) is 2. The summed E-state index contributed by atoms with van der Waals surface area (Å²) in [6.07, 6.45) is 6.25. The Bertz CT molecular complexity index is 302. The van der Waals surface area contributed by atoms with E-state index in [-0.39, 0.29) is 0 Å². The molecule has 0 atom stereocenters. The maximum absolute atomic E-state index is 10.9. The van der Waals surface area contributed by atoms with Gasteiger partial charge in [-0.2, -0.15) is 0 Å². The van der Waals surface area contributed by atoms with Crippen LogP contribution in [0.3, 0.4) is 0 Å². The van der Waals surface area contributed by atoms with Gasteiger partial charge >= 0.3 is 5.97 Å². The quantitative estimate of drug-likeness (QED) is 0.640. The molecule has 2 N–H and O–H groups in total. The fraction of sp³-hybridized carbons (Fsp3) is 0.500. The van der Waals surface area contributed by atoms with Crippen LogP contribution in [0.25, 0.3) is 0 Å². The number of rotatable bonds is 1. The highest BCUT2D eigenvalue weighted by atomic mass is 16.4. The van der Waals surface area contributed by atoms with Crippen LogP contribution in [0, 0.1) is 0 Å². The lowest BCUT2D eigenvalue weighted by Crippen LogP contribution is -2.24. The molecule has 1 aliphatic heterocycles. The summed E-state index contributed by atoms with van der Waals surface area (Å²) in [5.41, 5.74) is 2.85. The summed E-state index contributed by atoms with van der Waals surface area (Å²) < 4.78 is 0. The molecule has 70 valence electrons. The van der Waals surface area contributed by atoms with E-state index in [2.05, 4.69) is 5.32 Å². The van der Waals surface area contributed by atoms with Crippen LogP contribution in [0.15, 0.2) is 22.9 Å². The van der Waals surface area contributed by atoms with Crippen molar-refractivity contribution >= 4 is 5.97 Å². The van der Waals surface area contributed by atoms with Gasteiger partial charge < -0.3 is 10.4 Å². The molecule has 1 aliphatic carbocycles. The Morgan fingerprint density at radius 2 is 2.15 bits per heavy atom. The van der Waals surface area contributed by atoms with Crippen molar-refractivity contribution in [2.75, 3.05) is 6.54 Å². The second-order valence-electron chi connectivity index (χ2n) is 3.52. The van der Waals surface area contributed by atoms with Crippen LogP contribution < -0.4 is 5.32 Å². The van der Waals surface area contributed by atoms with Crippen molar-refractivity contribution < 1.29 is 9.90 Å². The predicted molar refractivity (Wildman–Crippen MR) is 49.2 cm³/mol. The number of carboxylic acids is 1. The van der Waals surface area contributed by atoms with Crippen molar-refractivity contribution in [2.45, 2.75) is 25.7 Å². The summed E-state index contributed by atoms with van der Waals surface area (Å²) in [6, 6.07) is 0. The maximum atomic E-state index is 10.9. The minimum Gasteiger partial charge on any atom is -0.478 e. The Kier molecular flexibility index (Phi) is 2.08. The number of nitrogens with one attached hydrogen (secondary N) is 1. The SMILES string of the molecule is O=C(O)C1=C2CCCCC2=CNC1. The third-order valence-corrected chi connectivity index (χ3v) is 2.69. The van der Waals surface area contributed by atoms with Gasteiger partial charge in [0.05, 0.1) is 5.57 Å². The van der Waals surface area contributed by atoms with Crippen LogP contribution in [-0.2, 0) is 4.79 Å². The van der Waals surface area contributed by atoms with E-state index in [1.54, 1.807) is 0 Å². The van der Waals surface area contributed by atoms with Crippen molar-refractivity contribution in [1.29, 1.82) is 0 Å². The highest BCUT2D eigenvalue weighted by Gasteiger charge is 2.22. The smallest absolute Gasteiger partial charge is 0.333 e. The van der Waals surface area contributed by atoms with Gasteiger partial charge in [-0.25, -0.2) is 4.79 Å². The molecule has 0 radical (unpaired) electrons. The molecule has 0 aromatic heterocycles. The molecule has 0 amide bonds. The van der Waals surface area contributed by atoms with Crippen LogP contribution >= 0.6 is 0 Å². The fourth-order valence-corrected chi connectivity index (χ4v) is 2.02. The molecule has 1 saturated carbocycles. The van der Waals surface area contributed by atoms with E-state index in [0.29, 0.717) is 12.1 Å². The molecular formula is C10H13NO2. The van der Waals surface area contributed by atoms with Gasteiger partial charge in [-0.3, -0.25) is 0 Å². The Hall–Kier alpha value is -1.25. The number of aliphatic carboxylic acids is 1. The minimum absolute atomic E-state index is 0.480. The molecule has 2 aliphatic rings. The van der Waals surface area contributed by atoms with Crippen LogP contribution in [0.4, 0.5) is 0 Å². The monoisotopic (exact) mass is 179 g/mol. The number of carbonyl (C=O) groups is 1. The van der Waals surface area contributed by atoms with Crippen LogP contribution in [0.5, 0.6) is 0 Å².